The Morgan fingerprint density at radius 2 is 1.82 bits per heavy atom. The van der Waals surface area contributed by atoms with Crippen LogP contribution in [0.2, 0.25) is 0 Å². The molecule has 0 aliphatic heterocycles. The van der Waals surface area contributed by atoms with Crippen LogP contribution < -0.4 is 5.32 Å². The molecule has 1 N–H and O–H groups in total. The van der Waals surface area contributed by atoms with Crippen molar-refractivity contribution >= 4 is 17.7 Å². The molecule has 0 spiro atoms. The summed E-state index contributed by atoms with van der Waals surface area (Å²) in [7, 11) is 0. The number of aromatic nitrogens is 3. The van der Waals surface area contributed by atoms with Gasteiger partial charge in [-0.2, -0.15) is 0 Å². The number of rotatable bonds is 8. The topological polar surface area (TPSA) is 59.8 Å². The molecule has 0 unspecified atom stereocenters. The van der Waals surface area contributed by atoms with Crippen molar-refractivity contribution in [3.8, 4) is 5.69 Å². The molecule has 28 heavy (non-hydrogen) atoms. The van der Waals surface area contributed by atoms with Crippen molar-refractivity contribution in [3.63, 3.8) is 0 Å². The Hall–Kier alpha value is -2.60. The first-order valence-corrected chi connectivity index (χ1v) is 10.4. The fraction of sp³-hybridized carbons (Fsp3) is 0.318. The van der Waals surface area contributed by atoms with Gasteiger partial charge in [-0.3, -0.25) is 9.36 Å². The molecule has 0 aliphatic rings. The Morgan fingerprint density at radius 3 is 2.57 bits per heavy atom. The van der Waals surface area contributed by atoms with Crippen LogP contribution >= 0.6 is 11.8 Å². The molecule has 0 fully saturated rings. The summed E-state index contributed by atoms with van der Waals surface area (Å²) < 4.78 is 1.93. The van der Waals surface area contributed by atoms with E-state index in [0.29, 0.717) is 5.16 Å². The molecule has 1 amide bonds. The number of hydrogen-bond donors (Lipinski definition) is 1. The van der Waals surface area contributed by atoms with Crippen LogP contribution in [0.3, 0.4) is 0 Å². The van der Waals surface area contributed by atoms with Crippen LogP contribution in [0.25, 0.3) is 5.69 Å². The van der Waals surface area contributed by atoms with Gasteiger partial charge in [0.2, 0.25) is 5.91 Å². The van der Waals surface area contributed by atoms with Gasteiger partial charge in [0, 0.05) is 6.04 Å². The second-order valence-electron chi connectivity index (χ2n) is 6.96. The second kappa shape index (κ2) is 9.55. The Balaban J connectivity index is 1.56. The highest BCUT2D eigenvalue weighted by molar-refractivity contribution is 8.00. The van der Waals surface area contributed by atoms with Crippen molar-refractivity contribution in [2.45, 2.75) is 50.1 Å². The minimum atomic E-state index is -0.258. The Labute approximate surface area is 170 Å². The summed E-state index contributed by atoms with van der Waals surface area (Å²) in [6.45, 7) is 6.00. The minimum absolute atomic E-state index is 0.0184. The lowest BCUT2D eigenvalue weighted by molar-refractivity contribution is -0.120. The Morgan fingerprint density at radius 1 is 1.11 bits per heavy atom. The number of carbonyl (C=O) groups excluding carboxylic acids is 1. The number of para-hydroxylation sites is 1. The molecule has 0 bridgehead atoms. The SMILES string of the molecule is Cc1ccccc1-n1cnnc1S[C@H](C)C(=O)N[C@@H](C)CCc1ccccc1. The average molecular weight is 395 g/mol. The molecule has 0 aliphatic carbocycles. The fourth-order valence-corrected chi connectivity index (χ4v) is 3.82. The predicted molar refractivity (Wildman–Crippen MR) is 114 cm³/mol. The molecule has 0 saturated carbocycles. The molecule has 0 radical (unpaired) electrons. The van der Waals surface area contributed by atoms with Crippen LogP contribution in [0.4, 0.5) is 0 Å². The first kappa shape index (κ1) is 20.1. The van der Waals surface area contributed by atoms with Crippen LogP contribution in [0, 0.1) is 6.92 Å². The molecule has 6 heteroatoms. The summed E-state index contributed by atoms with van der Waals surface area (Å²) in [5, 5.41) is 11.8. The van der Waals surface area contributed by atoms with E-state index >= 15 is 0 Å². The van der Waals surface area contributed by atoms with E-state index in [2.05, 4.69) is 27.6 Å². The number of nitrogens with one attached hydrogen (secondary N) is 1. The molecule has 1 heterocycles. The van der Waals surface area contributed by atoms with Crippen molar-refractivity contribution in [3.05, 3.63) is 72.1 Å². The zero-order valence-electron chi connectivity index (χ0n) is 16.5. The molecule has 2 aromatic carbocycles. The van der Waals surface area contributed by atoms with Gasteiger partial charge in [-0.25, -0.2) is 0 Å². The van der Waals surface area contributed by atoms with Crippen LogP contribution in [0.5, 0.6) is 0 Å². The van der Waals surface area contributed by atoms with Gasteiger partial charge >= 0.3 is 0 Å². The van der Waals surface area contributed by atoms with Gasteiger partial charge in [-0.15, -0.1) is 10.2 Å². The number of benzene rings is 2. The van der Waals surface area contributed by atoms with E-state index in [1.807, 2.05) is 67.8 Å². The van der Waals surface area contributed by atoms with E-state index in [0.717, 1.165) is 24.1 Å². The summed E-state index contributed by atoms with van der Waals surface area (Å²) in [5.74, 6) is 0.0184. The maximum Gasteiger partial charge on any atom is 0.233 e. The third-order valence-corrected chi connectivity index (χ3v) is 5.70. The first-order chi connectivity index (χ1) is 13.5. The number of carbonyl (C=O) groups is 1. The molecule has 0 saturated heterocycles. The molecular weight excluding hydrogens is 368 g/mol. The quantitative estimate of drug-likeness (QED) is 0.582. The van der Waals surface area contributed by atoms with Gasteiger partial charge < -0.3 is 5.32 Å². The highest BCUT2D eigenvalue weighted by atomic mass is 32.2. The van der Waals surface area contributed by atoms with Crippen molar-refractivity contribution < 1.29 is 4.79 Å². The smallest absolute Gasteiger partial charge is 0.233 e. The van der Waals surface area contributed by atoms with Gasteiger partial charge in [0.25, 0.3) is 0 Å². The maximum absolute atomic E-state index is 12.6. The molecule has 146 valence electrons. The number of nitrogens with zero attached hydrogens (tertiary/aromatic N) is 3. The maximum atomic E-state index is 12.6. The van der Waals surface area contributed by atoms with Gasteiger partial charge in [0.15, 0.2) is 5.16 Å². The van der Waals surface area contributed by atoms with Crippen molar-refractivity contribution in [2.75, 3.05) is 0 Å². The molecule has 2 atom stereocenters. The van der Waals surface area contributed by atoms with Crippen LogP contribution in [-0.4, -0.2) is 32.0 Å². The van der Waals surface area contributed by atoms with Crippen molar-refractivity contribution in [1.29, 1.82) is 0 Å². The fourth-order valence-electron chi connectivity index (χ4n) is 2.98. The first-order valence-electron chi connectivity index (χ1n) is 9.51. The predicted octanol–water partition coefficient (Wildman–Crippen LogP) is 4.19. The highest BCUT2D eigenvalue weighted by Gasteiger charge is 2.20. The van der Waals surface area contributed by atoms with Crippen LogP contribution in [-0.2, 0) is 11.2 Å². The van der Waals surface area contributed by atoms with Gasteiger partial charge in [-0.1, -0.05) is 60.3 Å². The third kappa shape index (κ3) is 5.23. The molecular formula is C22H26N4OS. The largest absolute Gasteiger partial charge is 0.353 e. The van der Waals surface area contributed by atoms with E-state index in [-0.39, 0.29) is 17.2 Å². The number of thioether (sulfide) groups is 1. The summed E-state index contributed by atoms with van der Waals surface area (Å²) in [5.41, 5.74) is 3.45. The van der Waals surface area contributed by atoms with E-state index in [1.165, 1.54) is 17.3 Å². The summed E-state index contributed by atoms with van der Waals surface area (Å²) in [6.07, 6.45) is 3.55. The second-order valence-corrected chi connectivity index (χ2v) is 8.27. The van der Waals surface area contributed by atoms with Crippen LogP contribution in [0.15, 0.2) is 66.1 Å². The Bertz CT molecular complexity index is 910. The van der Waals surface area contributed by atoms with E-state index in [9.17, 15) is 4.79 Å². The zero-order chi connectivity index (χ0) is 19.9. The molecule has 3 rings (SSSR count). The summed E-state index contributed by atoms with van der Waals surface area (Å²) in [6, 6.07) is 18.5. The lowest BCUT2D eigenvalue weighted by atomic mass is 10.1. The lowest BCUT2D eigenvalue weighted by Gasteiger charge is -2.17. The number of hydrogen-bond acceptors (Lipinski definition) is 4. The van der Waals surface area contributed by atoms with E-state index < -0.39 is 0 Å². The standard InChI is InChI=1S/C22H26N4OS/c1-16-9-7-8-12-20(16)26-15-23-25-22(26)28-18(3)21(27)24-17(2)13-14-19-10-5-4-6-11-19/h4-12,15,17-18H,13-14H2,1-3H3,(H,24,27)/t17-,18+/m0/s1. The molecule has 1 aromatic heterocycles. The van der Waals surface area contributed by atoms with Gasteiger partial charge in [-0.05, 0) is 50.8 Å². The van der Waals surface area contributed by atoms with Crippen LogP contribution in [0.1, 0.15) is 31.4 Å². The summed E-state index contributed by atoms with van der Waals surface area (Å²) in [4.78, 5) is 12.6. The normalized spacial score (nSPS) is 13.1. The van der Waals surface area contributed by atoms with E-state index in [1.54, 1.807) is 6.33 Å². The lowest BCUT2D eigenvalue weighted by Crippen LogP contribution is -2.38. The zero-order valence-corrected chi connectivity index (χ0v) is 17.3. The molecule has 3 aromatic rings. The number of aryl methyl sites for hydroxylation is 2. The van der Waals surface area contributed by atoms with Gasteiger partial charge in [0.05, 0.1) is 10.9 Å². The average Bonchev–Trinajstić information content (AvgIpc) is 3.15. The Kier molecular flexibility index (Phi) is 6.87. The highest BCUT2D eigenvalue weighted by Crippen LogP contribution is 2.25. The number of amides is 1. The summed E-state index contributed by atoms with van der Waals surface area (Å²) >= 11 is 1.42. The molecule has 5 nitrogen and oxygen atoms in total. The third-order valence-electron chi connectivity index (χ3n) is 4.64. The van der Waals surface area contributed by atoms with Crippen molar-refractivity contribution in [1.82, 2.24) is 20.1 Å². The van der Waals surface area contributed by atoms with Crippen molar-refractivity contribution in [2.24, 2.45) is 0 Å². The van der Waals surface area contributed by atoms with E-state index in [4.69, 9.17) is 0 Å². The van der Waals surface area contributed by atoms with Gasteiger partial charge in [0.1, 0.15) is 6.33 Å². The monoisotopic (exact) mass is 394 g/mol. The minimum Gasteiger partial charge on any atom is -0.353 e.